The number of benzene rings is 1. The molecule has 1 aromatic carbocycles. The van der Waals surface area contributed by atoms with Crippen LogP contribution in [0.25, 0.3) is 10.9 Å². The molecule has 0 aliphatic heterocycles. The first-order chi connectivity index (χ1) is 9.29. The normalized spacial score (nSPS) is 10.8. The van der Waals surface area contributed by atoms with Crippen molar-refractivity contribution in [3.63, 3.8) is 0 Å². The Balaban J connectivity index is 2.11. The molecule has 7 heteroatoms. The summed E-state index contributed by atoms with van der Waals surface area (Å²) in [5.74, 6) is 5.41. The van der Waals surface area contributed by atoms with Crippen LogP contribution in [0.3, 0.4) is 0 Å². The summed E-state index contributed by atoms with van der Waals surface area (Å²) in [5, 5.41) is 5.45. The van der Waals surface area contributed by atoms with E-state index >= 15 is 0 Å². The maximum Gasteiger partial charge on any atom is 0.189 e. The number of nitrogen functional groups attached to an aromatic ring is 1. The van der Waals surface area contributed by atoms with Crippen molar-refractivity contribution in [3.8, 4) is 0 Å². The maximum absolute atomic E-state index is 11.8. The van der Waals surface area contributed by atoms with E-state index in [1.807, 2.05) is 28.8 Å². The summed E-state index contributed by atoms with van der Waals surface area (Å²) in [4.78, 5) is 11.8. The van der Waals surface area contributed by atoms with Gasteiger partial charge in [0.2, 0.25) is 0 Å². The van der Waals surface area contributed by atoms with E-state index < -0.39 is 0 Å². The number of para-hydroxylation sites is 1. The lowest BCUT2D eigenvalue weighted by molar-refractivity contribution is 0.792. The second-order valence-corrected chi connectivity index (χ2v) is 4.77. The number of hydrogen-bond acceptors (Lipinski definition) is 6. The average Bonchev–Trinajstić information content (AvgIpc) is 2.89. The molecular weight excluding hydrogens is 262 g/mol. The van der Waals surface area contributed by atoms with Gasteiger partial charge in [0.15, 0.2) is 5.43 Å². The second-order valence-electron chi connectivity index (χ2n) is 4.02. The van der Waals surface area contributed by atoms with Crippen LogP contribution in [0, 0.1) is 0 Å². The Morgan fingerprint density at radius 3 is 3.00 bits per heavy atom. The predicted molar refractivity (Wildman–Crippen MR) is 75.0 cm³/mol. The summed E-state index contributed by atoms with van der Waals surface area (Å²) in [6.45, 7) is 0.511. The number of hydrogen-bond donors (Lipinski definition) is 2. The van der Waals surface area contributed by atoms with E-state index in [4.69, 9.17) is 5.84 Å². The van der Waals surface area contributed by atoms with Crippen molar-refractivity contribution in [2.24, 2.45) is 5.84 Å². The Morgan fingerprint density at radius 1 is 1.32 bits per heavy atom. The number of anilines is 1. The van der Waals surface area contributed by atoms with Crippen LogP contribution in [0.2, 0.25) is 0 Å². The summed E-state index contributed by atoms with van der Waals surface area (Å²) in [6, 6.07) is 9.03. The van der Waals surface area contributed by atoms with E-state index in [0.717, 1.165) is 16.2 Å². The Kier molecular flexibility index (Phi) is 2.98. The van der Waals surface area contributed by atoms with Gasteiger partial charge in [-0.3, -0.25) is 4.79 Å². The molecular formula is C12H11N5OS. The van der Waals surface area contributed by atoms with Gasteiger partial charge in [-0.1, -0.05) is 16.6 Å². The van der Waals surface area contributed by atoms with Crippen LogP contribution in [0.4, 0.5) is 5.00 Å². The molecule has 0 aliphatic rings. The number of aromatic nitrogens is 3. The van der Waals surface area contributed by atoms with Crippen LogP contribution < -0.4 is 16.7 Å². The fraction of sp³-hybridized carbons (Fsp3) is 0.0833. The Labute approximate surface area is 112 Å². The zero-order valence-electron chi connectivity index (χ0n) is 9.91. The fourth-order valence-corrected chi connectivity index (χ4v) is 2.47. The molecule has 6 nitrogen and oxygen atoms in total. The van der Waals surface area contributed by atoms with Crippen molar-refractivity contribution < 1.29 is 0 Å². The summed E-state index contributed by atoms with van der Waals surface area (Å²) in [6.07, 6.45) is 1.75. The number of fused-ring (bicyclic) bond motifs is 1. The van der Waals surface area contributed by atoms with E-state index in [9.17, 15) is 4.79 Å². The Morgan fingerprint density at radius 2 is 2.16 bits per heavy atom. The molecule has 0 amide bonds. The van der Waals surface area contributed by atoms with Gasteiger partial charge < -0.3 is 9.99 Å². The van der Waals surface area contributed by atoms with Gasteiger partial charge in [-0.15, -0.1) is 5.10 Å². The van der Waals surface area contributed by atoms with Crippen LogP contribution in [0.1, 0.15) is 5.69 Å². The number of nitrogens with one attached hydrogen (secondary N) is 1. The van der Waals surface area contributed by atoms with Gasteiger partial charge in [-0.25, -0.2) is 5.84 Å². The van der Waals surface area contributed by atoms with Crippen molar-refractivity contribution in [2.45, 2.75) is 6.54 Å². The predicted octanol–water partition coefficient (Wildman–Crippen LogP) is 1.19. The molecule has 0 saturated heterocycles. The molecule has 0 aliphatic carbocycles. The van der Waals surface area contributed by atoms with E-state index in [2.05, 4.69) is 15.0 Å². The summed E-state index contributed by atoms with van der Waals surface area (Å²) >= 11 is 1.21. The van der Waals surface area contributed by atoms with E-state index in [1.54, 1.807) is 12.3 Å². The van der Waals surface area contributed by atoms with Gasteiger partial charge in [-0.05, 0) is 12.1 Å². The topological polar surface area (TPSA) is 85.8 Å². The molecule has 0 unspecified atom stereocenters. The first-order valence-electron chi connectivity index (χ1n) is 5.65. The number of rotatable bonds is 3. The van der Waals surface area contributed by atoms with Crippen molar-refractivity contribution in [1.29, 1.82) is 0 Å². The van der Waals surface area contributed by atoms with E-state index in [1.165, 1.54) is 11.5 Å². The van der Waals surface area contributed by atoms with Gasteiger partial charge >= 0.3 is 0 Å². The lowest BCUT2D eigenvalue weighted by atomic mass is 10.2. The molecule has 19 heavy (non-hydrogen) atoms. The molecule has 0 atom stereocenters. The standard InChI is InChI=1S/C12H11N5OS/c13-14-12-9(15-16-19-12)7-17-6-5-11(18)8-3-1-2-4-10(8)17/h1-6,14H,7,13H2. The first-order valence-corrected chi connectivity index (χ1v) is 6.43. The van der Waals surface area contributed by atoms with Gasteiger partial charge in [0.05, 0.1) is 12.1 Å². The first kappa shape index (κ1) is 11.8. The van der Waals surface area contributed by atoms with Crippen molar-refractivity contribution in [2.75, 3.05) is 5.43 Å². The van der Waals surface area contributed by atoms with Gasteiger partial charge in [0.1, 0.15) is 10.7 Å². The molecule has 0 bridgehead atoms. The third-order valence-electron chi connectivity index (χ3n) is 2.89. The zero-order valence-corrected chi connectivity index (χ0v) is 10.7. The summed E-state index contributed by atoms with van der Waals surface area (Å²) in [5.41, 5.74) is 4.21. The molecule has 0 fully saturated rings. The Hall–Kier alpha value is -2.25. The average molecular weight is 273 g/mol. The third-order valence-corrected chi connectivity index (χ3v) is 3.59. The Bertz CT molecular complexity index is 779. The maximum atomic E-state index is 11.8. The minimum Gasteiger partial charge on any atom is -0.341 e. The van der Waals surface area contributed by atoms with Gasteiger partial charge in [0.25, 0.3) is 0 Å². The largest absolute Gasteiger partial charge is 0.341 e. The van der Waals surface area contributed by atoms with Crippen molar-refractivity contribution in [1.82, 2.24) is 14.2 Å². The second kappa shape index (κ2) is 4.79. The monoisotopic (exact) mass is 273 g/mol. The number of hydrazine groups is 1. The molecule has 0 radical (unpaired) electrons. The molecule has 3 N–H and O–H groups in total. The lowest BCUT2D eigenvalue weighted by Gasteiger charge is -2.09. The number of nitrogens with zero attached hydrogens (tertiary/aromatic N) is 3. The summed E-state index contributed by atoms with van der Waals surface area (Å²) < 4.78 is 5.81. The third kappa shape index (κ3) is 2.09. The molecule has 3 aromatic rings. The van der Waals surface area contributed by atoms with Gasteiger partial charge in [-0.2, -0.15) is 0 Å². The lowest BCUT2D eigenvalue weighted by Crippen LogP contribution is -2.12. The van der Waals surface area contributed by atoms with Crippen LogP contribution in [-0.2, 0) is 6.54 Å². The number of pyridine rings is 1. The number of nitrogens with two attached hydrogens (primary N) is 1. The zero-order chi connectivity index (χ0) is 13.2. The molecule has 3 rings (SSSR count). The summed E-state index contributed by atoms with van der Waals surface area (Å²) in [7, 11) is 0. The van der Waals surface area contributed by atoms with Crippen LogP contribution in [0.5, 0.6) is 0 Å². The van der Waals surface area contributed by atoms with Crippen LogP contribution in [0.15, 0.2) is 41.3 Å². The van der Waals surface area contributed by atoms with Crippen LogP contribution in [-0.4, -0.2) is 14.2 Å². The van der Waals surface area contributed by atoms with Gasteiger partial charge in [0, 0.05) is 29.2 Å². The van der Waals surface area contributed by atoms with E-state index in [-0.39, 0.29) is 5.43 Å². The highest BCUT2D eigenvalue weighted by atomic mass is 32.1. The smallest absolute Gasteiger partial charge is 0.189 e. The minimum absolute atomic E-state index is 0.0143. The molecule has 2 heterocycles. The molecule has 96 valence electrons. The van der Waals surface area contributed by atoms with Crippen LogP contribution >= 0.6 is 11.5 Å². The minimum atomic E-state index is 0.0143. The quantitative estimate of drug-likeness (QED) is 0.553. The fourth-order valence-electron chi connectivity index (χ4n) is 1.98. The molecule has 0 saturated carbocycles. The van der Waals surface area contributed by atoms with E-state index in [0.29, 0.717) is 11.9 Å². The SMILES string of the molecule is NNc1snnc1Cn1ccc(=O)c2ccccc21. The van der Waals surface area contributed by atoms with Crippen molar-refractivity contribution >= 4 is 27.4 Å². The molecule has 2 aromatic heterocycles. The highest BCUT2D eigenvalue weighted by Crippen LogP contribution is 2.18. The highest BCUT2D eigenvalue weighted by Gasteiger charge is 2.09. The highest BCUT2D eigenvalue weighted by molar-refractivity contribution is 7.10. The molecule has 0 spiro atoms. The van der Waals surface area contributed by atoms with Crippen molar-refractivity contribution in [3.05, 3.63) is 52.4 Å².